The first-order valence-electron chi connectivity index (χ1n) is 10.7. The number of carboxylic acid groups (broad SMARTS) is 1. The van der Waals surface area contributed by atoms with Crippen molar-refractivity contribution in [2.45, 2.75) is 43.8 Å². The second-order valence-corrected chi connectivity index (χ2v) is 9.06. The Kier molecular flexibility index (Phi) is 6.27. The van der Waals surface area contributed by atoms with E-state index in [0.29, 0.717) is 11.3 Å². The number of alkyl halides is 6. The zero-order chi connectivity index (χ0) is 24.1. The van der Waals surface area contributed by atoms with Gasteiger partial charge in [0.25, 0.3) is 0 Å². The molecule has 184 valence electrons. The number of anilines is 1. The van der Waals surface area contributed by atoms with E-state index in [-0.39, 0.29) is 19.6 Å². The maximum Gasteiger partial charge on any atom is 0.402 e. The molecule has 4 rings (SSSR count). The van der Waals surface area contributed by atoms with Crippen molar-refractivity contribution in [2.24, 2.45) is 17.8 Å². The van der Waals surface area contributed by atoms with Crippen molar-refractivity contribution in [1.82, 2.24) is 10.2 Å². The summed E-state index contributed by atoms with van der Waals surface area (Å²) in [5.74, 6) is -7.62. The molecule has 0 aliphatic carbocycles. The maximum atomic E-state index is 13.9. The maximum absolute atomic E-state index is 13.9. The number of carboxylic acids is 1. The molecule has 0 aromatic heterocycles. The molecule has 3 fully saturated rings. The number of fused-ring (bicyclic) bond motifs is 1. The van der Waals surface area contributed by atoms with Crippen LogP contribution in [0.3, 0.4) is 0 Å². The molecule has 0 amide bonds. The van der Waals surface area contributed by atoms with E-state index in [4.69, 9.17) is 0 Å². The number of nitrogens with zero attached hydrogens (tertiary/aromatic N) is 2. The highest BCUT2D eigenvalue weighted by Gasteiger charge is 2.66. The first-order chi connectivity index (χ1) is 15.4. The monoisotopic (exact) mass is 483 g/mol. The predicted molar refractivity (Wildman–Crippen MR) is 104 cm³/mol. The van der Waals surface area contributed by atoms with Gasteiger partial charge in [0.1, 0.15) is 11.9 Å². The Morgan fingerprint density at radius 2 is 1.67 bits per heavy atom. The lowest BCUT2D eigenvalue weighted by molar-refractivity contribution is -0.293. The van der Waals surface area contributed by atoms with Crippen LogP contribution in [0.4, 0.5) is 36.4 Å². The van der Waals surface area contributed by atoms with E-state index < -0.39 is 54.0 Å². The van der Waals surface area contributed by atoms with Crippen LogP contribution in [0, 0.1) is 23.6 Å². The van der Waals surface area contributed by atoms with E-state index >= 15 is 0 Å². The third kappa shape index (κ3) is 4.77. The van der Waals surface area contributed by atoms with Gasteiger partial charge in [0.2, 0.25) is 0 Å². The number of hydrogen-bond donors (Lipinski definition) is 2. The smallest absolute Gasteiger partial charge is 0.402 e. The minimum atomic E-state index is -5.57. The van der Waals surface area contributed by atoms with Crippen LogP contribution in [-0.4, -0.2) is 66.6 Å². The summed E-state index contributed by atoms with van der Waals surface area (Å²) in [5, 5.41) is 11.6. The Hall–Kier alpha value is -2.08. The van der Waals surface area contributed by atoms with E-state index in [1.54, 1.807) is 11.0 Å². The third-order valence-corrected chi connectivity index (χ3v) is 6.97. The molecule has 4 atom stereocenters. The molecule has 33 heavy (non-hydrogen) atoms. The standard InChI is InChI=1S/C21H24F7N3O2/c22-12-4-3-11(15(7-12)31-5-1-2-6-31)8-30-9-13-14(10-30)17(19(32)33)29-16(13)18(20(23,24)25)21(26,27)28/h3-4,7,13-14,16-18,29H,1-2,5-6,8-10H2,(H,32,33). The van der Waals surface area contributed by atoms with Crippen molar-refractivity contribution in [3.63, 3.8) is 0 Å². The Balaban J connectivity index is 1.59. The van der Waals surface area contributed by atoms with Crippen LogP contribution in [0.2, 0.25) is 0 Å². The molecule has 0 bridgehead atoms. The van der Waals surface area contributed by atoms with Gasteiger partial charge < -0.3 is 15.3 Å². The Morgan fingerprint density at radius 1 is 1.06 bits per heavy atom. The molecular weight excluding hydrogens is 459 g/mol. The highest BCUT2D eigenvalue weighted by molar-refractivity contribution is 5.74. The van der Waals surface area contributed by atoms with E-state index in [1.807, 2.05) is 4.90 Å². The van der Waals surface area contributed by atoms with Crippen molar-refractivity contribution in [3.05, 3.63) is 29.6 Å². The lowest BCUT2D eigenvalue weighted by Gasteiger charge is -2.32. The average Bonchev–Trinajstić information content (AvgIpc) is 3.39. The number of benzene rings is 1. The van der Waals surface area contributed by atoms with Gasteiger partial charge in [-0.25, -0.2) is 4.39 Å². The highest BCUT2D eigenvalue weighted by atomic mass is 19.4. The minimum Gasteiger partial charge on any atom is -0.480 e. The minimum absolute atomic E-state index is 0.0321. The first-order valence-corrected chi connectivity index (χ1v) is 10.7. The number of halogens is 7. The molecule has 1 aromatic rings. The molecular formula is C21H24F7N3O2. The molecule has 0 saturated carbocycles. The predicted octanol–water partition coefficient (Wildman–Crippen LogP) is 3.64. The number of aliphatic carboxylic acids is 1. The van der Waals surface area contributed by atoms with E-state index in [1.165, 1.54) is 12.1 Å². The van der Waals surface area contributed by atoms with Gasteiger partial charge in [0.05, 0.1) is 0 Å². The lowest BCUT2D eigenvalue weighted by atomic mass is 9.84. The summed E-state index contributed by atoms with van der Waals surface area (Å²) in [4.78, 5) is 15.3. The Morgan fingerprint density at radius 3 is 2.24 bits per heavy atom. The molecule has 3 heterocycles. The van der Waals surface area contributed by atoms with Gasteiger partial charge in [-0.15, -0.1) is 0 Å². The van der Waals surface area contributed by atoms with Gasteiger partial charge in [0, 0.05) is 50.4 Å². The van der Waals surface area contributed by atoms with Crippen molar-refractivity contribution in [2.75, 3.05) is 31.1 Å². The average molecular weight is 483 g/mol. The quantitative estimate of drug-likeness (QED) is 0.627. The Bertz CT molecular complexity index is 872. The second kappa shape index (κ2) is 8.61. The van der Waals surface area contributed by atoms with Crippen molar-refractivity contribution in [3.8, 4) is 0 Å². The molecule has 1 aromatic carbocycles. The van der Waals surface area contributed by atoms with Crippen LogP contribution in [-0.2, 0) is 11.3 Å². The summed E-state index contributed by atoms with van der Waals surface area (Å²) >= 11 is 0. The van der Waals surface area contributed by atoms with Gasteiger partial charge in [-0.3, -0.25) is 9.69 Å². The molecule has 0 radical (unpaired) electrons. The summed E-state index contributed by atoms with van der Waals surface area (Å²) in [6.45, 7) is 1.55. The van der Waals surface area contributed by atoms with Crippen molar-refractivity contribution < 1.29 is 40.6 Å². The lowest BCUT2D eigenvalue weighted by Crippen LogP contribution is -2.53. The molecule has 3 aliphatic rings. The van der Waals surface area contributed by atoms with E-state index in [0.717, 1.165) is 25.9 Å². The topological polar surface area (TPSA) is 55.8 Å². The van der Waals surface area contributed by atoms with Crippen LogP contribution in [0.5, 0.6) is 0 Å². The summed E-state index contributed by atoms with van der Waals surface area (Å²) in [5.41, 5.74) is 1.36. The molecule has 5 nitrogen and oxygen atoms in total. The second-order valence-electron chi connectivity index (χ2n) is 9.06. The van der Waals surface area contributed by atoms with Crippen LogP contribution in [0.15, 0.2) is 18.2 Å². The normalized spacial score (nSPS) is 28.7. The zero-order valence-corrected chi connectivity index (χ0v) is 17.5. The van der Waals surface area contributed by atoms with Crippen LogP contribution in [0.1, 0.15) is 18.4 Å². The fraction of sp³-hybridized carbons (Fsp3) is 0.667. The summed E-state index contributed by atoms with van der Waals surface area (Å²) in [6.07, 6.45) is -9.26. The summed E-state index contributed by atoms with van der Waals surface area (Å²) in [6, 6.07) is 0.608. The van der Waals surface area contributed by atoms with Gasteiger partial charge >= 0.3 is 18.3 Å². The van der Waals surface area contributed by atoms with Gasteiger partial charge in [-0.1, -0.05) is 6.07 Å². The Labute approximate surface area is 185 Å². The van der Waals surface area contributed by atoms with E-state index in [9.17, 15) is 40.6 Å². The fourth-order valence-electron chi connectivity index (χ4n) is 5.61. The molecule has 12 heteroatoms. The van der Waals surface area contributed by atoms with Crippen molar-refractivity contribution in [1.29, 1.82) is 0 Å². The molecule has 3 aliphatic heterocycles. The molecule has 2 N–H and O–H groups in total. The van der Waals surface area contributed by atoms with E-state index in [2.05, 4.69) is 5.32 Å². The van der Waals surface area contributed by atoms with Crippen molar-refractivity contribution >= 4 is 11.7 Å². The number of hydrogen-bond acceptors (Lipinski definition) is 4. The first kappa shape index (κ1) is 24.1. The van der Waals surface area contributed by atoms with Gasteiger partial charge in [0.15, 0.2) is 5.92 Å². The van der Waals surface area contributed by atoms with Crippen LogP contribution >= 0.6 is 0 Å². The highest BCUT2D eigenvalue weighted by Crippen LogP contribution is 2.48. The third-order valence-electron chi connectivity index (χ3n) is 6.97. The number of nitrogens with one attached hydrogen (secondary N) is 1. The summed E-state index contributed by atoms with van der Waals surface area (Å²) < 4.78 is 94.3. The molecule has 0 spiro atoms. The SMILES string of the molecule is O=C(O)C1NC(C(C(F)(F)F)C(F)(F)F)C2CN(Cc3ccc(F)cc3N3CCCC3)CC12. The summed E-state index contributed by atoms with van der Waals surface area (Å²) in [7, 11) is 0. The molecule has 4 unspecified atom stereocenters. The molecule has 3 saturated heterocycles. The number of carbonyl (C=O) groups is 1. The van der Waals surface area contributed by atoms with Gasteiger partial charge in [-0.05, 0) is 36.5 Å². The van der Waals surface area contributed by atoms with Crippen LogP contribution in [0.25, 0.3) is 0 Å². The zero-order valence-electron chi connectivity index (χ0n) is 17.5. The van der Waals surface area contributed by atoms with Crippen LogP contribution < -0.4 is 10.2 Å². The number of likely N-dealkylation sites (tertiary alicyclic amines) is 1. The fourth-order valence-corrected chi connectivity index (χ4v) is 5.61. The van der Waals surface area contributed by atoms with Gasteiger partial charge in [-0.2, -0.15) is 26.3 Å². The number of rotatable bonds is 5. The largest absolute Gasteiger partial charge is 0.480 e.